The van der Waals surface area contributed by atoms with Gasteiger partial charge in [-0.3, -0.25) is 0 Å². The molecular formula is C15H27N3O2. The second-order valence-corrected chi connectivity index (χ2v) is 7.51. The number of aliphatic hydroxyl groups is 1. The minimum absolute atomic E-state index is 0.318. The van der Waals surface area contributed by atoms with Crippen LogP contribution < -0.4 is 0 Å². The van der Waals surface area contributed by atoms with Crippen molar-refractivity contribution in [2.45, 2.75) is 77.7 Å². The lowest BCUT2D eigenvalue weighted by molar-refractivity contribution is -0.126. The lowest BCUT2D eigenvalue weighted by Gasteiger charge is -2.34. The van der Waals surface area contributed by atoms with Crippen molar-refractivity contribution in [3.63, 3.8) is 0 Å². The van der Waals surface area contributed by atoms with Gasteiger partial charge in [0.05, 0.1) is 11.2 Å². The molecule has 114 valence electrons. The molecule has 1 unspecified atom stereocenters. The van der Waals surface area contributed by atoms with E-state index in [0.717, 1.165) is 12.4 Å². The Morgan fingerprint density at radius 3 is 2.50 bits per heavy atom. The fourth-order valence-corrected chi connectivity index (χ4v) is 3.20. The monoisotopic (exact) mass is 281 g/mol. The van der Waals surface area contributed by atoms with E-state index in [2.05, 4.69) is 23.9 Å². The van der Waals surface area contributed by atoms with Crippen LogP contribution in [0, 0.1) is 5.92 Å². The van der Waals surface area contributed by atoms with E-state index < -0.39 is 11.2 Å². The number of aromatic nitrogens is 3. The van der Waals surface area contributed by atoms with Crippen LogP contribution in [-0.2, 0) is 17.7 Å². The van der Waals surface area contributed by atoms with Crippen molar-refractivity contribution in [1.82, 2.24) is 14.8 Å². The summed E-state index contributed by atoms with van der Waals surface area (Å²) in [6, 6.07) is 0. The molecular weight excluding hydrogens is 254 g/mol. The number of nitrogens with zero attached hydrogens (tertiary/aromatic N) is 3. The van der Waals surface area contributed by atoms with Crippen molar-refractivity contribution in [2.24, 2.45) is 5.92 Å². The molecule has 0 aromatic carbocycles. The molecule has 1 aromatic rings. The Hall–Kier alpha value is -0.940. The third kappa shape index (κ3) is 2.88. The van der Waals surface area contributed by atoms with Crippen molar-refractivity contribution in [2.75, 3.05) is 0 Å². The molecule has 0 spiro atoms. The van der Waals surface area contributed by atoms with Gasteiger partial charge < -0.3 is 9.84 Å². The zero-order valence-electron chi connectivity index (χ0n) is 13.5. The van der Waals surface area contributed by atoms with Gasteiger partial charge in [0.15, 0.2) is 0 Å². The topological polar surface area (TPSA) is 60.2 Å². The van der Waals surface area contributed by atoms with Gasteiger partial charge in [-0.15, -0.1) is 0 Å². The Morgan fingerprint density at radius 1 is 1.35 bits per heavy atom. The van der Waals surface area contributed by atoms with Gasteiger partial charge in [0.25, 0.3) is 0 Å². The molecule has 0 aliphatic carbocycles. The Balaban J connectivity index is 2.23. The maximum absolute atomic E-state index is 11.1. The summed E-state index contributed by atoms with van der Waals surface area (Å²) in [5, 5.41) is 15.3. The average molecular weight is 281 g/mol. The number of ether oxygens (including phenoxy) is 1. The Kier molecular flexibility index (Phi) is 3.71. The normalized spacial score (nSPS) is 28.2. The number of hydrogen-bond acceptors (Lipinski definition) is 4. The molecule has 1 aliphatic rings. The molecule has 0 radical (unpaired) electrons. The summed E-state index contributed by atoms with van der Waals surface area (Å²) in [4.78, 5) is 4.33. The summed E-state index contributed by atoms with van der Waals surface area (Å²) >= 11 is 0. The van der Waals surface area contributed by atoms with Gasteiger partial charge in [-0.25, -0.2) is 9.67 Å². The van der Waals surface area contributed by atoms with Gasteiger partial charge >= 0.3 is 0 Å². The minimum atomic E-state index is -0.918. The fraction of sp³-hybridized carbons (Fsp3) is 0.867. The summed E-state index contributed by atoms with van der Waals surface area (Å²) < 4.78 is 7.91. The van der Waals surface area contributed by atoms with E-state index in [-0.39, 0.29) is 5.60 Å². The van der Waals surface area contributed by atoms with Crippen molar-refractivity contribution < 1.29 is 9.84 Å². The van der Waals surface area contributed by atoms with Crippen molar-refractivity contribution in [1.29, 1.82) is 0 Å². The summed E-state index contributed by atoms with van der Waals surface area (Å²) in [7, 11) is 0. The highest BCUT2D eigenvalue weighted by Crippen LogP contribution is 2.46. The average Bonchev–Trinajstić information content (AvgIpc) is 2.67. The largest absolute Gasteiger partial charge is 0.386 e. The molecule has 0 bridgehead atoms. The lowest BCUT2D eigenvalue weighted by Crippen LogP contribution is -2.48. The SMILES string of the molecule is CC(C)Cn1ncnc1CC1(O)CC(C)(C)OC1(C)C. The molecule has 0 amide bonds. The highest BCUT2D eigenvalue weighted by molar-refractivity contribution is 5.10. The number of hydrogen-bond donors (Lipinski definition) is 1. The first-order valence-electron chi connectivity index (χ1n) is 7.34. The van der Waals surface area contributed by atoms with Gasteiger partial charge in [0.2, 0.25) is 0 Å². The van der Waals surface area contributed by atoms with Crippen LogP contribution in [0.25, 0.3) is 0 Å². The first-order valence-corrected chi connectivity index (χ1v) is 7.34. The first kappa shape index (κ1) is 15.4. The maximum atomic E-state index is 11.1. The zero-order valence-corrected chi connectivity index (χ0v) is 13.5. The second-order valence-electron chi connectivity index (χ2n) is 7.51. The molecule has 20 heavy (non-hydrogen) atoms. The molecule has 0 saturated carbocycles. The quantitative estimate of drug-likeness (QED) is 0.919. The lowest BCUT2D eigenvalue weighted by atomic mass is 9.80. The summed E-state index contributed by atoms with van der Waals surface area (Å²) in [6.07, 6.45) is 2.63. The van der Waals surface area contributed by atoms with Crippen LogP contribution in [0.4, 0.5) is 0 Å². The molecule has 2 heterocycles. The molecule has 1 atom stereocenters. The third-order valence-corrected chi connectivity index (χ3v) is 4.05. The molecule has 1 N–H and O–H groups in total. The third-order valence-electron chi connectivity index (χ3n) is 4.05. The molecule has 1 aromatic heterocycles. The smallest absolute Gasteiger partial charge is 0.138 e. The van der Waals surface area contributed by atoms with Crippen LogP contribution in [0.3, 0.4) is 0 Å². The van der Waals surface area contributed by atoms with Gasteiger partial charge in [-0.1, -0.05) is 13.8 Å². The molecule has 1 saturated heterocycles. The Morgan fingerprint density at radius 2 is 2.00 bits per heavy atom. The van der Waals surface area contributed by atoms with E-state index >= 15 is 0 Å². The van der Waals surface area contributed by atoms with E-state index in [4.69, 9.17) is 4.74 Å². The van der Waals surface area contributed by atoms with Gasteiger partial charge in [-0.2, -0.15) is 5.10 Å². The highest BCUT2D eigenvalue weighted by Gasteiger charge is 2.56. The Labute approximate surface area is 121 Å². The second kappa shape index (κ2) is 4.81. The summed E-state index contributed by atoms with van der Waals surface area (Å²) in [5.74, 6) is 1.32. The van der Waals surface area contributed by atoms with Crippen molar-refractivity contribution in [3.8, 4) is 0 Å². The Bertz CT molecular complexity index is 479. The van der Waals surface area contributed by atoms with Gasteiger partial charge in [-0.05, 0) is 33.6 Å². The minimum Gasteiger partial charge on any atom is -0.386 e. The van der Waals surface area contributed by atoms with Crippen LogP contribution in [0.2, 0.25) is 0 Å². The molecule has 1 fully saturated rings. The van der Waals surface area contributed by atoms with Crippen LogP contribution in [0.1, 0.15) is 53.8 Å². The maximum Gasteiger partial charge on any atom is 0.138 e. The fourth-order valence-electron chi connectivity index (χ4n) is 3.20. The van der Waals surface area contributed by atoms with E-state index in [1.807, 2.05) is 32.4 Å². The summed E-state index contributed by atoms with van der Waals surface area (Å²) in [5.41, 5.74) is -1.83. The molecule has 1 aliphatic heterocycles. The van der Waals surface area contributed by atoms with Crippen molar-refractivity contribution >= 4 is 0 Å². The van der Waals surface area contributed by atoms with E-state index in [1.165, 1.54) is 0 Å². The first-order chi connectivity index (χ1) is 9.05. The van der Waals surface area contributed by atoms with Crippen LogP contribution in [0.5, 0.6) is 0 Å². The van der Waals surface area contributed by atoms with Gasteiger partial charge in [0.1, 0.15) is 17.8 Å². The zero-order chi connectivity index (χ0) is 15.2. The predicted molar refractivity (Wildman–Crippen MR) is 77.4 cm³/mol. The standard InChI is InChI=1S/C15H27N3O2/c1-11(2)8-18-12(16-10-17-18)7-15(19)9-13(3,4)20-14(15,5)6/h10-11,19H,7-9H2,1-6H3. The predicted octanol–water partition coefficient (Wildman–Crippen LogP) is 2.19. The molecule has 2 rings (SSSR count). The van der Waals surface area contributed by atoms with E-state index in [0.29, 0.717) is 18.8 Å². The molecule has 5 heteroatoms. The highest BCUT2D eigenvalue weighted by atomic mass is 16.5. The van der Waals surface area contributed by atoms with E-state index in [9.17, 15) is 5.11 Å². The summed E-state index contributed by atoms with van der Waals surface area (Å²) in [6.45, 7) is 13.0. The van der Waals surface area contributed by atoms with Crippen LogP contribution in [-0.4, -0.2) is 36.7 Å². The molecule has 5 nitrogen and oxygen atoms in total. The van der Waals surface area contributed by atoms with Crippen LogP contribution >= 0.6 is 0 Å². The van der Waals surface area contributed by atoms with Crippen molar-refractivity contribution in [3.05, 3.63) is 12.2 Å². The van der Waals surface area contributed by atoms with E-state index in [1.54, 1.807) is 6.33 Å². The van der Waals surface area contributed by atoms with Crippen LogP contribution in [0.15, 0.2) is 6.33 Å². The number of rotatable bonds is 4. The van der Waals surface area contributed by atoms with Gasteiger partial charge in [0, 0.05) is 19.4 Å².